The van der Waals surface area contributed by atoms with Gasteiger partial charge in [-0.2, -0.15) is 0 Å². The highest BCUT2D eigenvalue weighted by molar-refractivity contribution is 9.10. The van der Waals surface area contributed by atoms with Gasteiger partial charge < -0.3 is 5.32 Å². The molecule has 78 valence electrons. The number of halogens is 3. The maximum Gasteiger partial charge on any atom is 0.255 e. The monoisotopic (exact) mass is 263 g/mol. The Bertz CT molecular complexity index is 303. The van der Waals surface area contributed by atoms with Crippen molar-refractivity contribution < 1.29 is 8.78 Å². The van der Waals surface area contributed by atoms with Crippen molar-refractivity contribution in [2.24, 2.45) is 0 Å². The number of aryl methyl sites for hydroxylation is 2. The van der Waals surface area contributed by atoms with Crippen LogP contribution in [0.15, 0.2) is 16.6 Å². The Morgan fingerprint density at radius 1 is 1.29 bits per heavy atom. The second-order valence-corrected chi connectivity index (χ2v) is 3.99. The average molecular weight is 264 g/mol. The largest absolute Gasteiger partial charge is 0.379 e. The lowest BCUT2D eigenvalue weighted by Crippen LogP contribution is -2.10. The molecule has 0 spiro atoms. The molecular weight excluding hydrogens is 252 g/mol. The summed E-state index contributed by atoms with van der Waals surface area (Å²) in [4.78, 5) is 0. The molecule has 4 heteroatoms. The van der Waals surface area contributed by atoms with Crippen LogP contribution in [0.5, 0.6) is 0 Å². The van der Waals surface area contributed by atoms with Gasteiger partial charge in [-0.15, -0.1) is 0 Å². The fraction of sp³-hybridized carbons (Fsp3) is 0.400. The molecule has 0 aromatic heterocycles. The van der Waals surface area contributed by atoms with Gasteiger partial charge in [0.2, 0.25) is 0 Å². The second kappa shape index (κ2) is 4.73. The molecule has 0 radical (unpaired) electrons. The smallest absolute Gasteiger partial charge is 0.255 e. The topological polar surface area (TPSA) is 12.0 Å². The normalized spacial score (nSPS) is 10.7. The summed E-state index contributed by atoms with van der Waals surface area (Å²) >= 11 is 3.42. The lowest BCUT2D eigenvalue weighted by molar-refractivity contribution is 0.163. The summed E-state index contributed by atoms with van der Waals surface area (Å²) in [5.41, 5.74) is 2.83. The molecule has 1 aromatic carbocycles. The van der Waals surface area contributed by atoms with Crippen LogP contribution in [0, 0.1) is 13.8 Å². The highest BCUT2D eigenvalue weighted by Gasteiger charge is 2.04. The van der Waals surface area contributed by atoms with Crippen LogP contribution in [0.4, 0.5) is 14.5 Å². The molecule has 0 saturated heterocycles. The van der Waals surface area contributed by atoms with Crippen molar-refractivity contribution in [1.82, 2.24) is 0 Å². The van der Waals surface area contributed by atoms with Crippen molar-refractivity contribution in [3.8, 4) is 0 Å². The van der Waals surface area contributed by atoms with Gasteiger partial charge in [0.15, 0.2) is 0 Å². The van der Waals surface area contributed by atoms with Gasteiger partial charge in [-0.1, -0.05) is 15.9 Å². The number of anilines is 1. The Labute approximate surface area is 90.6 Å². The Hall–Kier alpha value is -0.640. The highest BCUT2D eigenvalue weighted by atomic mass is 79.9. The molecule has 0 aliphatic rings. The quantitative estimate of drug-likeness (QED) is 0.876. The predicted octanol–water partition coefficient (Wildman–Crippen LogP) is 3.74. The van der Waals surface area contributed by atoms with Crippen LogP contribution < -0.4 is 5.32 Å². The van der Waals surface area contributed by atoms with Crippen molar-refractivity contribution in [2.45, 2.75) is 20.3 Å². The molecule has 0 aliphatic heterocycles. The van der Waals surface area contributed by atoms with E-state index >= 15 is 0 Å². The van der Waals surface area contributed by atoms with Crippen LogP contribution in [0.1, 0.15) is 11.1 Å². The van der Waals surface area contributed by atoms with Crippen LogP contribution in [0.3, 0.4) is 0 Å². The minimum absolute atomic E-state index is 0.305. The molecule has 0 bridgehead atoms. The molecule has 1 nitrogen and oxygen atoms in total. The molecular formula is C10H12BrF2N. The number of nitrogens with one attached hydrogen (secondary N) is 1. The Morgan fingerprint density at radius 2 is 1.79 bits per heavy atom. The third kappa shape index (κ3) is 2.94. The van der Waals surface area contributed by atoms with Gasteiger partial charge in [0, 0.05) is 10.2 Å². The summed E-state index contributed by atoms with van der Waals surface area (Å²) in [6.07, 6.45) is -2.32. The van der Waals surface area contributed by atoms with E-state index in [9.17, 15) is 8.78 Å². The van der Waals surface area contributed by atoms with E-state index in [1.807, 2.05) is 26.0 Å². The van der Waals surface area contributed by atoms with Crippen molar-refractivity contribution in [3.63, 3.8) is 0 Å². The van der Waals surface area contributed by atoms with Crippen molar-refractivity contribution >= 4 is 21.6 Å². The first kappa shape index (κ1) is 11.4. The van der Waals surface area contributed by atoms with Crippen LogP contribution in [-0.2, 0) is 0 Å². The first-order valence-corrected chi connectivity index (χ1v) is 5.08. The lowest BCUT2D eigenvalue weighted by Gasteiger charge is -2.09. The fourth-order valence-electron chi connectivity index (χ4n) is 1.24. The van der Waals surface area contributed by atoms with E-state index in [-0.39, 0.29) is 6.54 Å². The van der Waals surface area contributed by atoms with E-state index in [1.165, 1.54) is 0 Å². The Morgan fingerprint density at radius 3 is 2.21 bits per heavy atom. The van der Waals surface area contributed by atoms with Gasteiger partial charge in [0.25, 0.3) is 6.43 Å². The zero-order valence-electron chi connectivity index (χ0n) is 8.07. The van der Waals surface area contributed by atoms with Crippen LogP contribution in [0.2, 0.25) is 0 Å². The Balaban J connectivity index is 2.79. The molecule has 14 heavy (non-hydrogen) atoms. The number of alkyl halides is 2. The first-order chi connectivity index (χ1) is 6.50. The van der Waals surface area contributed by atoms with Crippen LogP contribution in [0.25, 0.3) is 0 Å². The number of hydrogen-bond acceptors (Lipinski definition) is 1. The SMILES string of the molecule is Cc1cc(NCC(F)F)cc(C)c1Br. The molecule has 0 amide bonds. The number of benzene rings is 1. The van der Waals surface area contributed by atoms with E-state index in [0.717, 1.165) is 21.3 Å². The average Bonchev–Trinajstić information content (AvgIpc) is 2.10. The molecule has 0 atom stereocenters. The van der Waals surface area contributed by atoms with Crippen molar-refractivity contribution in [1.29, 1.82) is 0 Å². The molecule has 1 N–H and O–H groups in total. The van der Waals surface area contributed by atoms with Gasteiger partial charge in [-0.25, -0.2) is 8.78 Å². The molecule has 0 unspecified atom stereocenters. The van der Waals surface area contributed by atoms with Gasteiger partial charge in [-0.05, 0) is 37.1 Å². The number of hydrogen-bond donors (Lipinski definition) is 1. The van der Waals surface area contributed by atoms with Crippen LogP contribution in [-0.4, -0.2) is 13.0 Å². The summed E-state index contributed by atoms with van der Waals surface area (Å²) in [6.45, 7) is 3.57. The van der Waals surface area contributed by atoms with Gasteiger partial charge in [-0.3, -0.25) is 0 Å². The standard InChI is InChI=1S/C10H12BrF2N/c1-6-3-8(14-5-9(12)13)4-7(2)10(6)11/h3-4,9,14H,5H2,1-2H3. The molecule has 0 fully saturated rings. The van der Waals surface area contributed by atoms with Gasteiger partial charge in [0.1, 0.15) is 0 Å². The summed E-state index contributed by atoms with van der Waals surface area (Å²) < 4.78 is 24.9. The van der Waals surface area contributed by atoms with E-state index in [1.54, 1.807) is 0 Å². The molecule has 0 heterocycles. The Kier molecular flexibility index (Phi) is 3.86. The summed E-state index contributed by atoms with van der Waals surface area (Å²) in [6, 6.07) is 3.69. The summed E-state index contributed by atoms with van der Waals surface area (Å²) in [7, 11) is 0. The third-order valence-corrected chi connectivity index (χ3v) is 3.15. The minimum atomic E-state index is -2.32. The predicted molar refractivity (Wildman–Crippen MR) is 58.1 cm³/mol. The van der Waals surface area contributed by atoms with Crippen molar-refractivity contribution in [3.05, 3.63) is 27.7 Å². The molecule has 1 aromatic rings. The lowest BCUT2D eigenvalue weighted by atomic mass is 10.1. The minimum Gasteiger partial charge on any atom is -0.379 e. The maximum absolute atomic E-state index is 11.9. The van der Waals surface area contributed by atoms with Crippen molar-refractivity contribution in [2.75, 3.05) is 11.9 Å². The zero-order valence-corrected chi connectivity index (χ0v) is 9.66. The second-order valence-electron chi connectivity index (χ2n) is 3.20. The van der Waals surface area contributed by atoms with Gasteiger partial charge >= 0.3 is 0 Å². The molecule has 0 aliphatic carbocycles. The summed E-state index contributed by atoms with van der Waals surface area (Å²) in [5.74, 6) is 0. The molecule has 1 rings (SSSR count). The van der Waals surface area contributed by atoms with Crippen LogP contribution >= 0.6 is 15.9 Å². The van der Waals surface area contributed by atoms with E-state index < -0.39 is 6.43 Å². The first-order valence-electron chi connectivity index (χ1n) is 4.29. The fourth-order valence-corrected chi connectivity index (χ4v) is 1.47. The molecule has 0 saturated carbocycles. The van der Waals surface area contributed by atoms with E-state index in [0.29, 0.717) is 0 Å². The third-order valence-electron chi connectivity index (χ3n) is 1.90. The zero-order chi connectivity index (χ0) is 10.7. The highest BCUT2D eigenvalue weighted by Crippen LogP contribution is 2.24. The maximum atomic E-state index is 11.9. The summed E-state index contributed by atoms with van der Waals surface area (Å²) in [5, 5.41) is 2.68. The van der Waals surface area contributed by atoms with E-state index in [2.05, 4.69) is 21.2 Å². The van der Waals surface area contributed by atoms with E-state index in [4.69, 9.17) is 0 Å². The van der Waals surface area contributed by atoms with Gasteiger partial charge in [0.05, 0.1) is 6.54 Å². The number of rotatable bonds is 3.